The van der Waals surface area contributed by atoms with Gasteiger partial charge in [-0.25, -0.2) is 0 Å². The Morgan fingerprint density at radius 2 is 2.05 bits per heavy atom. The SMILES string of the molecule is Cc1cc(C(C)(C)C)ccc1OCCCC(=O)NCCO. The van der Waals surface area contributed by atoms with Gasteiger partial charge in [-0.1, -0.05) is 32.9 Å². The molecule has 0 bridgehead atoms. The maximum atomic E-state index is 11.4. The zero-order valence-electron chi connectivity index (χ0n) is 13.5. The first kappa shape index (κ1) is 17.5. The van der Waals surface area contributed by atoms with Crippen LogP contribution in [0.4, 0.5) is 0 Å². The molecule has 4 nitrogen and oxygen atoms in total. The first-order valence-corrected chi connectivity index (χ1v) is 7.46. The fraction of sp³-hybridized carbons (Fsp3) is 0.588. The van der Waals surface area contributed by atoms with Crippen molar-refractivity contribution in [3.8, 4) is 5.75 Å². The van der Waals surface area contributed by atoms with Crippen molar-refractivity contribution in [2.45, 2.75) is 46.0 Å². The molecule has 1 amide bonds. The van der Waals surface area contributed by atoms with Crippen LogP contribution in [-0.2, 0) is 10.2 Å². The summed E-state index contributed by atoms with van der Waals surface area (Å²) in [6, 6.07) is 6.25. The zero-order valence-corrected chi connectivity index (χ0v) is 13.5. The van der Waals surface area contributed by atoms with Crippen molar-refractivity contribution < 1.29 is 14.6 Å². The lowest BCUT2D eigenvalue weighted by molar-refractivity contribution is -0.121. The Bertz CT molecular complexity index is 464. The lowest BCUT2D eigenvalue weighted by atomic mass is 9.86. The molecule has 0 fully saturated rings. The van der Waals surface area contributed by atoms with Crippen molar-refractivity contribution in [2.24, 2.45) is 0 Å². The molecule has 0 saturated carbocycles. The van der Waals surface area contributed by atoms with Gasteiger partial charge in [-0.15, -0.1) is 0 Å². The summed E-state index contributed by atoms with van der Waals surface area (Å²) < 4.78 is 5.73. The van der Waals surface area contributed by atoms with Crippen molar-refractivity contribution in [3.63, 3.8) is 0 Å². The second-order valence-electron chi connectivity index (χ2n) is 6.26. The number of hydrogen-bond donors (Lipinski definition) is 2. The number of nitrogens with one attached hydrogen (secondary N) is 1. The predicted molar refractivity (Wildman–Crippen MR) is 84.7 cm³/mol. The molecule has 21 heavy (non-hydrogen) atoms. The average Bonchev–Trinajstić information content (AvgIpc) is 2.41. The van der Waals surface area contributed by atoms with Crippen molar-refractivity contribution >= 4 is 5.91 Å². The number of aliphatic hydroxyl groups is 1. The van der Waals surface area contributed by atoms with Crippen molar-refractivity contribution in [3.05, 3.63) is 29.3 Å². The zero-order chi connectivity index (χ0) is 15.9. The van der Waals surface area contributed by atoms with Gasteiger partial charge in [0.15, 0.2) is 0 Å². The van der Waals surface area contributed by atoms with Crippen LogP contribution in [0.15, 0.2) is 18.2 Å². The number of benzene rings is 1. The predicted octanol–water partition coefficient (Wildman–Crippen LogP) is 2.56. The molecule has 1 aromatic carbocycles. The van der Waals surface area contributed by atoms with E-state index in [1.807, 2.05) is 13.0 Å². The van der Waals surface area contributed by atoms with Gasteiger partial charge in [0.2, 0.25) is 5.91 Å². The van der Waals surface area contributed by atoms with Crippen LogP contribution in [0.3, 0.4) is 0 Å². The van der Waals surface area contributed by atoms with Gasteiger partial charge in [0, 0.05) is 13.0 Å². The number of aryl methyl sites for hydroxylation is 1. The number of ether oxygens (including phenoxy) is 1. The highest BCUT2D eigenvalue weighted by Gasteiger charge is 2.14. The molecule has 1 rings (SSSR count). The van der Waals surface area contributed by atoms with Gasteiger partial charge in [0.05, 0.1) is 13.2 Å². The average molecular weight is 293 g/mol. The van der Waals surface area contributed by atoms with Crippen LogP contribution in [0.2, 0.25) is 0 Å². The van der Waals surface area contributed by atoms with Gasteiger partial charge in [0.25, 0.3) is 0 Å². The summed E-state index contributed by atoms with van der Waals surface area (Å²) in [4.78, 5) is 11.4. The normalized spacial score (nSPS) is 11.3. The summed E-state index contributed by atoms with van der Waals surface area (Å²) in [6.07, 6.45) is 1.08. The van der Waals surface area contributed by atoms with E-state index in [1.54, 1.807) is 0 Å². The number of carbonyl (C=O) groups excluding carboxylic acids is 1. The number of hydrogen-bond acceptors (Lipinski definition) is 3. The fourth-order valence-electron chi connectivity index (χ4n) is 1.98. The number of amides is 1. The van der Waals surface area contributed by atoms with E-state index >= 15 is 0 Å². The van der Waals surface area contributed by atoms with Crippen molar-refractivity contribution in [2.75, 3.05) is 19.8 Å². The Morgan fingerprint density at radius 3 is 2.62 bits per heavy atom. The van der Waals surface area contributed by atoms with Gasteiger partial charge >= 0.3 is 0 Å². The van der Waals surface area contributed by atoms with Crippen LogP contribution in [0.5, 0.6) is 5.75 Å². The van der Waals surface area contributed by atoms with Crippen LogP contribution in [0, 0.1) is 6.92 Å². The standard InChI is InChI=1S/C17H27NO3/c1-13-12-14(17(2,3)4)7-8-15(13)21-11-5-6-16(20)18-9-10-19/h7-8,12,19H,5-6,9-11H2,1-4H3,(H,18,20). The highest BCUT2D eigenvalue weighted by molar-refractivity contribution is 5.75. The maximum Gasteiger partial charge on any atom is 0.220 e. The van der Waals surface area contributed by atoms with E-state index in [-0.39, 0.29) is 17.9 Å². The molecule has 118 valence electrons. The third-order valence-electron chi connectivity index (χ3n) is 3.28. The van der Waals surface area contributed by atoms with Crippen LogP contribution in [0.1, 0.15) is 44.7 Å². The van der Waals surface area contributed by atoms with E-state index in [4.69, 9.17) is 9.84 Å². The topological polar surface area (TPSA) is 58.6 Å². The molecule has 0 saturated heterocycles. The highest BCUT2D eigenvalue weighted by Crippen LogP contribution is 2.27. The van der Waals surface area contributed by atoms with Crippen LogP contribution in [0.25, 0.3) is 0 Å². The third kappa shape index (κ3) is 6.17. The molecular formula is C17H27NO3. The van der Waals surface area contributed by atoms with Gasteiger partial charge in [-0.2, -0.15) is 0 Å². The Balaban J connectivity index is 2.41. The molecule has 0 atom stereocenters. The first-order valence-electron chi connectivity index (χ1n) is 7.46. The molecule has 4 heteroatoms. The maximum absolute atomic E-state index is 11.4. The molecule has 0 spiro atoms. The molecule has 0 aromatic heterocycles. The minimum atomic E-state index is -0.0487. The van der Waals surface area contributed by atoms with Gasteiger partial charge in [-0.05, 0) is 36.0 Å². The molecule has 0 heterocycles. The van der Waals surface area contributed by atoms with Crippen LogP contribution >= 0.6 is 0 Å². The minimum Gasteiger partial charge on any atom is -0.493 e. The van der Waals surface area contributed by atoms with E-state index < -0.39 is 0 Å². The number of aliphatic hydroxyl groups excluding tert-OH is 1. The van der Waals surface area contributed by atoms with E-state index in [0.717, 1.165) is 11.3 Å². The lowest BCUT2D eigenvalue weighted by Gasteiger charge is -2.20. The highest BCUT2D eigenvalue weighted by atomic mass is 16.5. The third-order valence-corrected chi connectivity index (χ3v) is 3.28. The quantitative estimate of drug-likeness (QED) is 0.760. The van der Waals surface area contributed by atoms with E-state index in [1.165, 1.54) is 5.56 Å². The van der Waals surface area contributed by atoms with Gasteiger partial charge in [-0.3, -0.25) is 4.79 Å². The van der Waals surface area contributed by atoms with Crippen molar-refractivity contribution in [1.82, 2.24) is 5.32 Å². The Labute approximate surface area is 127 Å². The second-order valence-corrected chi connectivity index (χ2v) is 6.26. The molecule has 0 unspecified atom stereocenters. The molecule has 1 aromatic rings. The smallest absolute Gasteiger partial charge is 0.220 e. The fourth-order valence-corrected chi connectivity index (χ4v) is 1.98. The lowest BCUT2D eigenvalue weighted by Crippen LogP contribution is -2.26. The monoisotopic (exact) mass is 293 g/mol. The molecular weight excluding hydrogens is 266 g/mol. The summed E-state index contributed by atoms with van der Waals surface area (Å²) in [7, 11) is 0. The number of rotatable bonds is 7. The minimum absolute atomic E-state index is 0.0262. The Kier molecular flexibility index (Phi) is 6.69. The summed E-state index contributed by atoms with van der Waals surface area (Å²) in [6.45, 7) is 9.41. The largest absolute Gasteiger partial charge is 0.493 e. The molecule has 0 aliphatic heterocycles. The summed E-state index contributed by atoms with van der Waals surface area (Å²) in [5.41, 5.74) is 2.54. The Morgan fingerprint density at radius 1 is 1.33 bits per heavy atom. The van der Waals surface area contributed by atoms with Crippen LogP contribution < -0.4 is 10.1 Å². The molecule has 0 aliphatic rings. The summed E-state index contributed by atoms with van der Waals surface area (Å²) in [5.74, 6) is 0.825. The summed E-state index contributed by atoms with van der Waals surface area (Å²) in [5, 5.41) is 11.2. The van der Waals surface area contributed by atoms with E-state index in [2.05, 4.69) is 38.2 Å². The van der Waals surface area contributed by atoms with E-state index in [9.17, 15) is 4.79 Å². The van der Waals surface area contributed by atoms with Crippen molar-refractivity contribution in [1.29, 1.82) is 0 Å². The Hall–Kier alpha value is -1.55. The molecule has 0 radical (unpaired) electrons. The molecule has 2 N–H and O–H groups in total. The first-order chi connectivity index (χ1) is 9.84. The second kappa shape index (κ2) is 8.03. The van der Waals surface area contributed by atoms with Gasteiger partial charge in [0.1, 0.15) is 5.75 Å². The summed E-state index contributed by atoms with van der Waals surface area (Å²) >= 11 is 0. The number of carbonyl (C=O) groups is 1. The van der Waals surface area contributed by atoms with Crippen LogP contribution in [-0.4, -0.2) is 30.8 Å². The molecule has 0 aliphatic carbocycles. The van der Waals surface area contributed by atoms with E-state index in [0.29, 0.717) is 26.0 Å². The van der Waals surface area contributed by atoms with Gasteiger partial charge < -0.3 is 15.2 Å².